The molecule has 5 heteroatoms. The predicted molar refractivity (Wildman–Crippen MR) is 201 cm³/mol. The number of nitrogens with zero attached hydrogens (tertiary/aromatic N) is 2. The molecular weight excluding hydrogens is 643 g/mol. The van der Waals surface area contributed by atoms with Gasteiger partial charge in [0.2, 0.25) is 0 Å². The first-order valence-corrected chi connectivity index (χ1v) is 16.2. The molecule has 0 radical (unpaired) electrons. The van der Waals surface area contributed by atoms with E-state index in [1.54, 1.807) is 0 Å². The summed E-state index contributed by atoms with van der Waals surface area (Å²) in [7, 11) is 0. The van der Waals surface area contributed by atoms with Crippen LogP contribution in [-0.2, 0) is 16.5 Å². The van der Waals surface area contributed by atoms with Crippen LogP contribution in [0.4, 0.5) is 0 Å². The molecule has 2 aliphatic heterocycles. The maximum absolute atomic E-state index is 5.35. The minimum absolute atomic E-state index is 0. The third-order valence-electron chi connectivity index (χ3n) is 9.00. The molecule has 0 spiro atoms. The summed E-state index contributed by atoms with van der Waals surface area (Å²) in [6, 6.07) is 50.7. The van der Waals surface area contributed by atoms with E-state index >= 15 is 0 Å². The molecule has 0 unspecified atom stereocenters. The Balaban J connectivity index is 0.00000348. The fourth-order valence-corrected chi connectivity index (χ4v) is 6.84. The van der Waals surface area contributed by atoms with Gasteiger partial charge in [0.05, 0.1) is 22.8 Å². The van der Waals surface area contributed by atoms with Gasteiger partial charge >= 0.3 is 16.5 Å². The molecule has 3 aromatic heterocycles. The van der Waals surface area contributed by atoms with Gasteiger partial charge in [0.25, 0.3) is 0 Å². The normalized spacial score (nSPS) is 11.8. The summed E-state index contributed by atoms with van der Waals surface area (Å²) in [6.45, 7) is 0. The van der Waals surface area contributed by atoms with E-state index in [9.17, 15) is 0 Å². The Kier molecular flexibility index (Phi) is 7.97. The Morgan fingerprint density at radius 3 is 0.735 bits per heavy atom. The van der Waals surface area contributed by atoms with Crippen LogP contribution in [-0.4, -0.2) is 19.9 Å². The SMILES string of the molecule is C1=Cc2nc1c(-c1ccccc1)c1ccc([nH]1)c(-c1ccccc1)c1nc(c(-c3ccccc3)c3ccc([nH]3)c2-c2ccccc2)C=C1.[Ni+2]. The number of benzene rings is 4. The van der Waals surface area contributed by atoms with Gasteiger partial charge in [0.15, 0.2) is 0 Å². The zero-order chi connectivity index (χ0) is 31.9. The molecule has 234 valence electrons. The van der Waals surface area contributed by atoms with Crippen molar-refractivity contribution in [3.63, 3.8) is 0 Å². The van der Waals surface area contributed by atoms with Gasteiger partial charge in [-0.3, -0.25) is 0 Å². The molecule has 49 heavy (non-hydrogen) atoms. The van der Waals surface area contributed by atoms with Crippen LogP contribution >= 0.6 is 0 Å². The molecule has 5 heterocycles. The van der Waals surface area contributed by atoms with Crippen molar-refractivity contribution in [3.8, 4) is 44.5 Å². The van der Waals surface area contributed by atoms with Crippen LogP contribution in [0.3, 0.4) is 0 Å². The largest absolute Gasteiger partial charge is 2.00 e. The van der Waals surface area contributed by atoms with Gasteiger partial charge < -0.3 is 9.97 Å². The summed E-state index contributed by atoms with van der Waals surface area (Å²) in [4.78, 5) is 18.3. The molecular formula is C44H30N4Ni+2. The minimum Gasteiger partial charge on any atom is -0.354 e. The van der Waals surface area contributed by atoms with Crippen LogP contribution in [0.15, 0.2) is 146 Å². The van der Waals surface area contributed by atoms with E-state index in [0.717, 1.165) is 89.4 Å². The molecule has 8 bridgehead atoms. The molecule has 0 aliphatic carbocycles. The van der Waals surface area contributed by atoms with Crippen LogP contribution in [0.2, 0.25) is 0 Å². The third-order valence-corrected chi connectivity index (χ3v) is 9.00. The van der Waals surface area contributed by atoms with E-state index in [4.69, 9.17) is 9.97 Å². The van der Waals surface area contributed by atoms with Crippen molar-refractivity contribution in [3.05, 3.63) is 168 Å². The zero-order valence-electron chi connectivity index (χ0n) is 26.4. The summed E-state index contributed by atoms with van der Waals surface area (Å²) < 4.78 is 0. The van der Waals surface area contributed by atoms with Crippen LogP contribution < -0.4 is 0 Å². The fourth-order valence-electron chi connectivity index (χ4n) is 6.84. The Morgan fingerprint density at radius 2 is 0.510 bits per heavy atom. The summed E-state index contributed by atoms with van der Waals surface area (Å²) in [6.07, 6.45) is 8.54. The molecule has 7 aromatic rings. The fraction of sp³-hybridized carbons (Fsp3) is 0. The van der Waals surface area contributed by atoms with Crippen molar-refractivity contribution < 1.29 is 16.5 Å². The van der Waals surface area contributed by atoms with Crippen LogP contribution in [0.5, 0.6) is 0 Å². The van der Waals surface area contributed by atoms with Gasteiger partial charge in [-0.2, -0.15) is 0 Å². The van der Waals surface area contributed by atoms with Gasteiger partial charge in [0.1, 0.15) is 0 Å². The molecule has 0 atom stereocenters. The Morgan fingerprint density at radius 1 is 0.286 bits per heavy atom. The Labute approximate surface area is 294 Å². The average Bonchev–Trinajstić information content (AvgIpc) is 3.98. The van der Waals surface area contributed by atoms with Crippen LogP contribution in [0.25, 0.3) is 90.9 Å². The zero-order valence-corrected chi connectivity index (χ0v) is 27.4. The minimum atomic E-state index is 0. The van der Waals surface area contributed by atoms with Crippen molar-refractivity contribution in [1.82, 2.24) is 19.9 Å². The first-order chi connectivity index (χ1) is 23.8. The van der Waals surface area contributed by atoms with E-state index in [1.165, 1.54) is 0 Å². The number of rotatable bonds is 4. The predicted octanol–water partition coefficient (Wildman–Crippen LogP) is 11.3. The van der Waals surface area contributed by atoms with Crippen LogP contribution in [0, 0.1) is 0 Å². The number of fused-ring (bicyclic) bond motifs is 8. The van der Waals surface area contributed by atoms with E-state index in [0.29, 0.717) is 0 Å². The Bertz CT molecular complexity index is 2180. The van der Waals surface area contributed by atoms with E-state index in [1.807, 2.05) is 24.3 Å². The summed E-state index contributed by atoms with van der Waals surface area (Å²) in [5.74, 6) is 0. The molecule has 4 nitrogen and oxygen atoms in total. The maximum Gasteiger partial charge on any atom is 2.00 e. The van der Waals surface area contributed by atoms with Gasteiger partial charge in [-0.25, -0.2) is 9.97 Å². The second-order valence-electron chi connectivity index (χ2n) is 12.0. The standard InChI is InChI=1S/C44H30N4.Ni/c1-5-13-29(14-6-1)41-33-21-23-35(45-33)42(30-15-7-2-8-16-30)37-25-27-39(47-37)44(32-19-11-4-12-20-32)40-28-26-38(48-40)43(31-17-9-3-10-18-31)36-24-22-34(41)46-36;/h1-28,45,48H;/q;+2. The van der Waals surface area contributed by atoms with Crippen LogP contribution in [0.1, 0.15) is 22.8 Å². The first kappa shape index (κ1) is 30.3. The van der Waals surface area contributed by atoms with E-state index < -0.39 is 0 Å². The summed E-state index contributed by atoms with van der Waals surface area (Å²) in [5.41, 5.74) is 16.2. The number of hydrogen-bond acceptors (Lipinski definition) is 2. The second-order valence-corrected chi connectivity index (χ2v) is 12.0. The monoisotopic (exact) mass is 672 g/mol. The molecule has 2 aliphatic rings. The smallest absolute Gasteiger partial charge is 0.354 e. The molecule has 9 rings (SSSR count). The Hall–Kier alpha value is -6.03. The summed E-state index contributed by atoms with van der Waals surface area (Å²) in [5, 5.41) is 0. The quantitative estimate of drug-likeness (QED) is 0.183. The number of H-pyrrole nitrogens is 2. The molecule has 0 saturated heterocycles. The molecule has 2 N–H and O–H groups in total. The van der Waals surface area contributed by atoms with Crippen molar-refractivity contribution in [2.45, 2.75) is 0 Å². The maximum atomic E-state index is 5.35. The van der Waals surface area contributed by atoms with E-state index in [-0.39, 0.29) is 16.5 Å². The van der Waals surface area contributed by atoms with Gasteiger partial charge in [-0.1, -0.05) is 121 Å². The van der Waals surface area contributed by atoms with Crippen molar-refractivity contribution in [2.24, 2.45) is 0 Å². The van der Waals surface area contributed by atoms with Gasteiger partial charge in [-0.05, 0) is 70.8 Å². The topological polar surface area (TPSA) is 57.4 Å². The van der Waals surface area contributed by atoms with E-state index in [2.05, 4.69) is 156 Å². The van der Waals surface area contributed by atoms with Gasteiger partial charge in [-0.15, -0.1) is 0 Å². The van der Waals surface area contributed by atoms with Crippen molar-refractivity contribution >= 4 is 46.4 Å². The number of hydrogen-bond donors (Lipinski definition) is 2. The molecule has 0 fully saturated rings. The van der Waals surface area contributed by atoms with Crippen molar-refractivity contribution in [2.75, 3.05) is 0 Å². The average molecular weight is 673 g/mol. The molecule has 0 saturated carbocycles. The second kappa shape index (κ2) is 12.9. The summed E-state index contributed by atoms with van der Waals surface area (Å²) >= 11 is 0. The third kappa shape index (κ3) is 5.55. The number of nitrogens with one attached hydrogen (secondary N) is 2. The van der Waals surface area contributed by atoms with Gasteiger partial charge in [0, 0.05) is 44.3 Å². The number of aromatic amines is 2. The number of aromatic nitrogens is 4. The molecule has 4 aromatic carbocycles. The first-order valence-electron chi connectivity index (χ1n) is 16.2. The molecule has 0 amide bonds. The van der Waals surface area contributed by atoms with Crippen molar-refractivity contribution in [1.29, 1.82) is 0 Å².